The predicted molar refractivity (Wildman–Crippen MR) is 63.5 cm³/mol. The molecule has 2 nitrogen and oxygen atoms in total. The average Bonchev–Trinajstić information content (AvgIpc) is 2.11. The lowest BCUT2D eigenvalue weighted by Gasteiger charge is -2.40. The van der Waals surface area contributed by atoms with Gasteiger partial charge >= 0.3 is 0 Å². The zero-order valence-electron chi connectivity index (χ0n) is 9.66. The molecule has 0 aromatic rings. The monoisotopic (exact) mass is 217 g/mol. The van der Waals surface area contributed by atoms with Crippen molar-refractivity contribution in [2.75, 3.05) is 5.75 Å². The summed E-state index contributed by atoms with van der Waals surface area (Å²) in [5.74, 6) is 1.81. The summed E-state index contributed by atoms with van der Waals surface area (Å²) in [5.41, 5.74) is 5.30. The molecular formula is C11H23NOS. The molecule has 1 aliphatic heterocycles. The molecule has 0 amide bonds. The molecule has 5 atom stereocenters. The van der Waals surface area contributed by atoms with Gasteiger partial charge in [0, 0.05) is 17.0 Å². The molecule has 0 radical (unpaired) electrons. The van der Waals surface area contributed by atoms with Crippen LogP contribution in [0.25, 0.3) is 0 Å². The number of hydrogen-bond acceptors (Lipinski definition) is 3. The highest BCUT2D eigenvalue weighted by atomic mass is 32.2. The predicted octanol–water partition coefficient (Wildman–Crippen LogP) is 1.86. The second-order valence-corrected chi connectivity index (χ2v) is 6.40. The van der Waals surface area contributed by atoms with E-state index >= 15 is 0 Å². The third-order valence-electron chi connectivity index (χ3n) is 3.81. The summed E-state index contributed by atoms with van der Waals surface area (Å²) in [6, 6.07) is -0.0996. The van der Waals surface area contributed by atoms with Crippen LogP contribution in [0, 0.1) is 11.8 Å². The summed E-state index contributed by atoms with van der Waals surface area (Å²) in [7, 11) is 0. The first-order valence-electron chi connectivity index (χ1n) is 5.45. The van der Waals surface area contributed by atoms with E-state index in [1.54, 1.807) is 0 Å². The lowest BCUT2D eigenvalue weighted by Crippen LogP contribution is -2.53. The number of thioether (sulfide) groups is 1. The zero-order valence-corrected chi connectivity index (χ0v) is 10.5. The van der Waals surface area contributed by atoms with Gasteiger partial charge in [0.15, 0.2) is 0 Å². The third kappa shape index (κ3) is 2.44. The van der Waals surface area contributed by atoms with E-state index in [0.29, 0.717) is 11.2 Å². The Labute approximate surface area is 91.6 Å². The summed E-state index contributed by atoms with van der Waals surface area (Å²) >= 11 is 1.89. The third-order valence-corrected chi connectivity index (χ3v) is 5.36. The van der Waals surface area contributed by atoms with Crippen LogP contribution < -0.4 is 5.73 Å². The van der Waals surface area contributed by atoms with E-state index in [1.165, 1.54) is 0 Å². The van der Waals surface area contributed by atoms with E-state index < -0.39 is 5.60 Å². The van der Waals surface area contributed by atoms with Crippen LogP contribution in [0.2, 0.25) is 0 Å². The Balaban J connectivity index is 2.75. The Bertz CT molecular complexity index is 196. The molecule has 1 aliphatic rings. The zero-order chi connectivity index (χ0) is 10.9. The van der Waals surface area contributed by atoms with Crippen LogP contribution in [-0.4, -0.2) is 27.8 Å². The van der Waals surface area contributed by atoms with Crippen LogP contribution in [0.1, 0.15) is 34.1 Å². The number of hydrogen-bond donors (Lipinski definition) is 2. The first-order valence-corrected chi connectivity index (χ1v) is 6.50. The van der Waals surface area contributed by atoms with Gasteiger partial charge in [-0.25, -0.2) is 0 Å². The number of aliphatic hydroxyl groups is 1. The molecule has 1 saturated heterocycles. The maximum absolute atomic E-state index is 10.3. The quantitative estimate of drug-likeness (QED) is 0.651. The fraction of sp³-hybridized carbons (Fsp3) is 1.00. The molecule has 0 saturated carbocycles. The summed E-state index contributed by atoms with van der Waals surface area (Å²) in [6.45, 7) is 8.51. The molecular weight excluding hydrogens is 194 g/mol. The molecule has 0 aliphatic carbocycles. The normalized spacial score (nSPS) is 51.0. The van der Waals surface area contributed by atoms with Gasteiger partial charge in [0.2, 0.25) is 0 Å². The Kier molecular flexibility index (Phi) is 3.89. The van der Waals surface area contributed by atoms with Crippen molar-refractivity contribution in [3.8, 4) is 0 Å². The van der Waals surface area contributed by atoms with Crippen LogP contribution in [0.4, 0.5) is 0 Å². The second kappa shape index (κ2) is 4.42. The smallest absolute Gasteiger partial charge is 0.0803 e. The molecule has 0 aromatic carbocycles. The Morgan fingerprint density at radius 2 is 1.93 bits per heavy atom. The summed E-state index contributed by atoms with van der Waals surface area (Å²) in [5, 5.41) is 10.9. The van der Waals surface area contributed by atoms with Gasteiger partial charge in [0.1, 0.15) is 0 Å². The highest BCUT2D eigenvalue weighted by molar-refractivity contribution is 7.99. The Morgan fingerprint density at radius 1 is 1.36 bits per heavy atom. The minimum Gasteiger partial charge on any atom is -0.388 e. The fourth-order valence-electron chi connectivity index (χ4n) is 1.94. The van der Waals surface area contributed by atoms with Gasteiger partial charge in [0.25, 0.3) is 0 Å². The van der Waals surface area contributed by atoms with Gasteiger partial charge in [-0.2, -0.15) is 11.8 Å². The molecule has 0 spiro atoms. The summed E-state index contributed by atoms with van der Waals surface area (Å²) < 4.78 is 0. The fourth-order valence-corrected chi connectivity index (χ4v) is 3.23. The SMILES string of the molecule is CC1CC(C)C(C)(O)C(N)CSC1C. The Hall–Kier alpha value is 0.270. The second-order valence-electron chi connectivity index (χ2n) is 4.98. The van der Waals surface area contributed by atoms with Crippen LogP contribution in [-0.2, 0) is 0 Å². The molecule has 0 bridgehead atoms. The van der Waals surface area contributed by atoms with Crippen molar-refractivity contribution in [1.29, 1.82) is 0 Å². The van der Waals surface area contributed by atoms with E-state index in [1.807, 2.05) is 18.7 Å². The van der Waals surface area contributed by atoms with E-state index in [-0.39, 0.29) is 12.0 Å². The molecule has 14 heavy (non-hydrogen) atoms. The molecule has 0 aromatic heterocycles. The van der Waals surface area contributed by atoms with E-state index in [4.69, 9.17) is 5.73 Å². The van der Waals surface area contributed by atoms with Crippen molar-refractivity contribution in [2.24, 2.45) is 17.6 Å². The molecule has 1 fully saturated rings. The van der Waals surface area contributed by atoms with E-state index in [9.17, 15) is 5.11 Å². The Morgan fingerprint density at radius 3 is 2.50 bits per heavy atom. The van der Waals surface area contributed by atoms with Gasteiger partial charge in [-0.05, 0) is 25.2 Å². The van der Waals surface area contributed by atoms with Crippen molar-refractivity contribution in [2.45, 2.75) is 51.0 Å². The first kappa shape index (κ1) is 12.3. The number of rotatable bonds is 0. The highest BCUT2D eigenvalue weighted by Crippen LogP contribution is 2.35. The lowest BCUT2D eigenvalue weighted by atomic mass is 9.79. The van der Waals surface area contributed by atoms with Crippen molar-refractivity contribution in [3.63, 3.8) is 0 Å². The van der Waals surface area contributed by atoms with Gasteiger partial charge in [-0.15, -0.1) is 0 Å². The van der Waals surface area contributed by atoms with E-state index in [2.05, 4.69) is 20.8 Å². The maximum Gasteiger partial charge on any atom is 0.0803 e. The molecule has 84 valence electrons. The summed E-state index contributed by atoms with van der Waals surface area (Å²) in [6.07, 6.45) is 1.06. The molecule has 5 unspecified atom stereocenters. The first-order chi connectivity index (χ1) is 6.35. The molecule has 3 heteroatoms. The van der Waals surface area contributed by atoms with Crippen molar-refractivity contribution in [1.82, 2.24) is 0 Å². The standard InChI is InChI=1S/C11H23NOS/c1-7-5-8(2)11(4,13)10(12)6-14-9(7)3/h7-10,13H,5-6,12H2,1-4H3. The molecule has 3 N–H and O–H groups in total. The average molecular weight is 217 g/mol. The minimum atomic E-state index is -0.707. The van der Waals surface area contributed by atoms with Crippen molar-refractivity contribution >= 4 is 11.8 Å². The maximum atomic E-state index is 10.3. The molecule has 1 heterocycles. The van der Waals surface area contributed by atoms with Gasteiger partial charge < -0.3 is 10.8 Å². The highest BCUT2D eigenvalue weighted by Gasteiger charge is 2.38. The van der Waals surface area contributed by atoms with Gasteiger partial charge in [0.05, 0.1) is 5.60 Å². The summed E-state index contributed by atoms with van der Waals surface area (Å²) in [4.78, 5) is 0. The van der Waals surface area contributed by atoms with E-state index in [0.717, 1.165) is 12.2 Å². The minimum absolute atomic E-state index is 0.0996. The van der Waals surface area contributed by atoms with Crippen LogP contribution in [0.15, 0.2) is 0 Å². The van der Waals surface area contributed by atoms with Crippen molar-refractivity contribution in [3.05, 3.63) is 0 Å². The lowest BCUT2D eigenvalue weighted by molar-refractivity contribution is -0.0206. The largest absolute Gasteiger partial charge is 0.388 e. The number of nitrogens with two attached hydrogens (primary N) is 1. The van der Waals surface area contributed by atoms with Gasteiger partial charge in [-0.1, -0.05) is 20.8 Å². The van der Waals surface area contributed by atoms with Crippen LogP contribution in [0.5, 0.6) is 0 Å². The van der Waals surface area contributed by atoms with Crippen LogP contribution in [0.3, 0.4) is 0 Å². The van der Waals surface area contributed by atoms with Crippen molar-refractivity contribution < 1.29 is 5.11 Å². The molecule has 1 rings (SSSR count). The van der Waals surface area contributed by atoms with Gasteiger partial charge in [-0.3, -0.25) is 0 Å². The van der Waals surface area contributed by atoms with Crippen LogP contribution >= 0.6 is 11.8 Å². The topological polar surface area (TPSA) is 46.2 Å².